The van der Waals surface area contributed by atoms with Crippen molar-refractivity contribution in [1.82, 2.24) is 15.1 Å². The molecule has 1 unspecified atom stereocenters. The molecular weight excluding hydrogens is 378 g/mol. The molecule has 2 aliphatic heterocycles. The fourth-order valence-corrected chi connectivity index (χ4v) is 4.22. The molecule has 0 radical (unpaired) electrons. The smallest absolute Gasteiger partial charge is 0.251 e. The highest BCUT2D eigenvalue weighted by Gasteiger charge is 2.28. The van der Waals surface area contributed by atoms with E-state index < -0.39 is 0 Å². The summed E-state index contributed by atoms with van der Waals surface area (Å²) < 4.78 is 0. The van der Waals surface area contributed by atoms with E-state index in [1.165, 1.54) is 23.3 Å². The third kappa shape index (κ3) is 4.60. The molecule has 1 atom stereocenters. The molecule has 0 bridgehead atoms. The van der Waals surface area contributed by atoms with Crippen molar-refractivity contribution in [2.24, 2.45) is 0 Å². The van der Waals surface area contributed by atoms with Crippen molar-refractivity contribution >= 4 is 17.7 Å². The third-order valence-corrected chi connectivity index (χ3v) is 5.93. The van der Waals surface area contributed by atoms with Crippen LogP contribution in [0.3, 0.4) is 0 Å². The molecule has 2 fully saturated rings. The molecule has 0 aromatic heterocycles. The second-order valence-corrected chi connectivity index (χ2v) is 7.95. The second kappa shape index (κ2) is 9.22. The fraction of sp³-hybridized carbons (Fsp3) is 0.375. The number of benzene rings is 2. The van der Waals surface area contributed by atoms with Crippen LogP contribution in [0.5, 0.6) is 0 Å². The fourth-order valence-electron chi connectivity index (χ4n) is 4.22. The Balaban J connectivity index is 1.38. The Morgan fingerprint density at radius 2 is 1.53 bits per heavy atom. The van der Waals surface area contributed by atoms with Gasteiger partial charge in [0.2, 0.25) is 11.8 Å². The third-order valence-electron chi connectivity index (χ3n) is 5.93. The van der Waals surface area contributed by atoms with Gasteiger partial charge in [0.15, 0.2) is 0 Å². The number of nitrogens with zero attached hydrogens (tertiary/aromatic N) is 2. The Bertz CT molecular complexity index is 889. The number of nitrogens with one attached hydrogen (secondary N) is 1. The highest BCUT2D eigenvalue weighted by atomic mass is 16.2. The van der Waals surface area contributed by atoms with Crippen molar-refractivity contribution in [3.8, 4) is 0 Å². The van der Waals surface area contributed by atoms with Gasteiger partial charge in [0.25, 0.3) is 5.91 Å². The Morgan fingerprint density at radius 3 is 2.17 bits per heavy atom. The first kappa shape index (κ1) is 20.3. The number of hydrogen-bond acceptors (Lipinski definition) is 4. The monoisotopic (exact) mass is 405 g/mol. The van der Waals surface area contributed by atoms with Crippen molar-refractivity contribution in [1.29, 1.82) is 0 Å². The van der Waals surface area contributed by atoms with Gasteiger partial charge in [0.05, 0.1) is 12.6 Å². The number of likely N-dealkylation sites (tertiary alicyclic amines) is 2. The zero-order valence-corrected chi connectivity index (χ0v) is 17.0. The molecular formula is C24H27N3O3. The van der Waals surface area contributed by atoms with E-state index in [0.29, 0.717) is 24.9 Å². The van der Waals surface area contributed by atoms with E-state index in [0.717, 1.165) is 18.7 Å². The van der Waals surface area contributed by atoms with Crippen LogP contribution < -0.4 is 5.32 Å². The van der Waals surface area contributed by atoms with Crippen molar-refractivity contribution in [3.05, 3.63) is 71.3 Å². The summed E-state index contributed by atoms with van der Waals surface area (Å²) in [5.74, 6) is -0.374. The van der Waals surface area contributed by atoms with Gasteiger partial charge in [-0.05, 0) is 49.2 Å². The minimum atomic E-state index is -0.129. The van der Waals surface area contributed by atoms with E-state index in [2.05, 4.69) is 22.3 Å². The molecule has 30 heavy (non-hydrogen) atoms. The molecule has 2 heterocycles. The molecule has 2 saturated heterocycles. The van der Waals surface area contributed by atoms with Crippen LogP contribution in [0, 0.1) is 0 Å². The summed E-state index contributed by atoms with van der Waals surface area (Å²) in [6, 6.07) is 17.6. The number of rotatable bonds is 7. The van der Waals surface area contributed by atoms with E-state index in [4.69, 9.17) is 0 Å². The maximum Gasteiger partial charge on any atom is 0.251 e. The summed E-state index contributed by atoms with van der Waals surface area (Å²) in [6.07, 6.45) is 2.97. The van der Waals surface area contributed by atoms with Crippen molar-refractivity contribution < 1.29 is 14.4 Å². The molecule has 2 aromatic rings. The molecule has 0 saturated carbocycles. The van der Waals surface area contributed by atoms with E-state index in [9.17, 15) is 14.4 Å². The van der Waals surface area contributed by atoms with Crippen LogP contribution in [0.25, 0.3) is 0 Å². The molecule has 4 rings (SSSR count). The van der Waals surface area contributed by atoms with Gasteiger partial charge in [-0.15, -0.1) is 0 Å². The van der Waals surface area contributed by atoms with Gasteiger partial charge in [0, 0.05) is 24.9 Å². The maximum atomic E-state index is 12.7. The summed E-state index contributed by atoms with van der Waals surface area (Å²) in [5.41, 5.74) is 2.63. The summed E-state index contributed by atoms with van der Waals surface area (Å²) in [4.78, 5) is 40.0. The van der Waals surface area contributed by atoms with Crippen LogP contribution in [-0.4, -0.2) is 47.2 Å². The van der Waals surface area contributed by atoms with E-state index in [1.807, 2.05) is 30.3 Å². The lowest BCUT2D eigenvalue weighted by molar-refractivity contribution is -0.139. The summed E-state index contributed by atoms with van der Waals surface area (Å²) in [5, 5.41) is 3.08. The summed E-state index contributed by atoms with van der Waals surface area (Å²) in [6.45, 7) is 2.93. The maximum absolute atomic E-state index is 12.7. The van der Waals surface area contributed by atoms with Gasteiger partial charge in [-0.2, -0.15) is 0 Å². The van der Waals surface area contributed by atoms with Crippen LogP contribution in [0.4, 0.5) is 0 Å². The Morgan fingerprint density at radius 1 is 0.900 bits per heavy atom. The molecule has 2 aromatic carbocycles. The molecule has 2 aliphatic rings. The Kier molecular flexibility index (Phi) is 6.23. The number of carbonyl (C=O) groups is 3. The Labute approximate surface area is 176 Å². The molecule has 0 aliphatic carbocycles. The van der Waals surface area contributed by atoms with Crippen molar-refractivity contribution in [2.75, 3.05) is 19.6 Å². The first-order valence-electron chi connectivity index (χ1n) is 10.6. The highest BCUT2D eigenvalue weighted by molar-refractivity contribution is 6.01. The van der Waals surface area contributed by atoms with Crippen LogP contribution in [0.2, 0.25) is 0 Å². The molecule has 6 nitrogen and oxygen atoms in total. The summed E-state index contributed by atoms with van der Waals surface area (Å²) >= 11 is 0. The predicted molar refractivity (Wildman–Crippen MR) is 114 cm³/mol. The standard InChI is InChI=1S/C24H27N3O3/c28-22-12-13-23(29)27(22)17-18-8-10-20(11-9-18)24(30)25-16-21(26-14-4-5-15-26)19-6-2-1-3-7-19/h1-3,6-11,21H,4-5,12-17H2,(H,25,30). The average Bonchev–Trinajstić information content (AvgIpc) is 3.41. The quantitative estimate of drug-likeness (QED) is 0.719. The lowest BCUT2D eigenvalue weighted by Gasteiger charge is -2.28. The zero-order chi connectivity index (χ0) is 20.9. The topological polar surface area (TPSA) is 69.7 Å². The molecule has 156 valence electrons. The first-order valence-corrected chi connectivity index (χ1v) is 10.6. The number of amides is 3. The molecule has 3 amide bonds. The van der Waals surface area contributed by atoms with E-state index in [1.54, 1.807) is 12.1 Å². The average molecular weight is 405 g/mol. The van der Waals surface area contributed by atoms with Gasteiger partial charge in [-0.25, -0.2) is 0 Å². The van der Waals surface area contributed by atoms with Crippen LogP contribution in [-0.2, 0) is 16.1 Å². The number of imide groups is 1. The van der Waals surface area contributed by atoms with E-state index >= 15 is 0 Å². The van der Waals surface area contributed by atoms with Crippen LogP contribution in [0.15, 0.2) is 54.6 Å². The van der Waals surface area contributed by atoms with Gasteiger partial charge in [-0.1, -0.05) is 42.5 Å². The van der Waals surface area contributed by atoms with Gasteiger partial charge in [0.1, 0.15) is 0 Å². The van der Waals surface area contributed by atoms with Gasteiger partial charge >= 0.3 is 0 Å². The highest BCUT2D eigenvalue weighted by Crippen LogP contribution is 2.24. The predicted octanol–water partition coefficient (Wildman–Crippen LogP) is 2.90. The van der Waals surface area contributed by atoms with Crippen LogP contribution >= 0.6 is 0 Å². The van der Waals surface area contributed by atoms with E-state index in [-0.39, 0.29) is 30.3 Å². The van der Waals surface area contributed by atoms with Gasteiger partial charge in [-0.3, -0.25) is 24.2 Å². The molecule has 6 heteroatoms. The van der Waals surface area contributed by atoms with Crippen molar-refractivity contribution in [3.63, 3.8) is 0 Å². The molecule has 1 N–H and O–H groups in total. The normalized spacial score (nSPS) is 18.1. The second-order valence-electron chi connectivity index (χ2n) is 7.95. The largest absolute Gasteiger partial charge is 0.350 e. The minimum absolute atomic E-state index is 0.116. The minimum Gasteiger partial charge on any atom is -0.350 e. The van der Waals surface area contributed by atoms with Crippen LogP contribution in [0.1, 0.15) is 53.2 Å². The summed E-state index contributed by atoms with van der Waals surface area (Å²) in [7, 11) is 0. The SMILES string of the molecule is O=C(NCC(c1ccccc1)N1CCCC1)c1ccc(CN2C(=O)CCC2=O)cc1. The zero-order valence-electron chi connectivity index (χ0n) is 17.0. The van der Waals surface area contributed by atoms with Crippen molar-refractivity contribution in [2.45, 2.75) is 38.3 Å². The Hall–Kier alpha value is -2.99. The first-order chi connectivity index (χ1) is 14.6. The van der Waals surface area contributed by atoms with Gasteiger partial charge < -0.3 is 5.32 Å². The molecule has 0 spiro atoms. The number of carbonyl (C=O) groups excluding carboxylic acids is 3. The lowest BCUT2D eigenvalue weighted by Crippen LogP contribution is -2.36. The number of hydrogen-bond donors (Lipinski definition) is 1. The lowest BCUT2D eigenvalue weighted by atomic mass is 10.1.